The Morgan fingerprint density at radius 2 is 2.14 bits per heavy atom. The van der Waals surface area contributed by atoms with Crippen molar-refractivity contribution in [2.75, 3.05) is 39.8 Å². The van der Waals surface area contributed by atoms with Crippen LogP contribution in [0.25, 0.3) is 0 Å². The first-order chi connectivity index (χ1) is 6.86. The molecule has 1 aliphatic heterocycles. The summed E-state index contributed by atoms with van der Waals surface area (Å²) >= 11 is 0. The number of halogens is 1. The molecule has 3 nitrogen and oxygen atoms in total. The third kappa shape index (κ3) is 4.35. The summed E-state index contributed by atoms with van der Waals surface area (Å²) in [7, 11) is 1.99. The number of rotatable bonds is 6. The van der Waals surface area contributed by atoms with Crippen molar-refractivity contribution in [3.8, 4) is 0 Å². The van der Waals surface area contributed by atoms with Gasteiger partial charge in [-0.15, -0.1) is 0 Å². The molecule has 4 heteroatoms. The first-order valence-corrected chi connectivity index (χ1v) is 5.47. The van der Waals surface area contributed by atoms with Crippen LogP contribution in [-0.4, -0.2) is 44.7 Å². The number of hydrogen-bond acceptors (Lipinski definition) is 3. The Bertz CT molecular complexity index is 122. The highest BCUT2D eigenvalue weighted by atomic mass is 19.3. The van der Waals surface area contributed by atoms with Gasteiger partial charge in [-0.1, -0.05) is 0 Å². The first kappa shape index (κ1) is 11.9. The van der Waals surface area contributed by atoms with Gasteiger partial charge in [-0.2, -0.15) is 4.94 Å². The Morgan fingerprint density at radius 3 is 2.71 bits per heavy atom. The van der Waals surface area contributed by atoms with Gasteiger partial charge in [-0.25, -0.2) is 0 Å². The van der Waals surface area contributed by atoms with E-state index < -0.39 is 0 Å². The standard InChI is InChI=1S/C10H21FN2O/c1-12-5-2-10-3-6-13(7-4-10)8-9-14-11/h10,12H,2-9H2,1H3. The summed E-state index contributed by atoms with van der Waals surface area (Å²) in [6, 6.07) is 0. The van der Waals surface area contributed by atoms with Crippen LogP contribution < -0.4 is 5.32 Å². The van der Waals surface area contributed by atoms with Crippen LogP contribution in [0.1, 0.15) is 19.3 Å². The van der Waals surface area contributed by atoms with Gasteiger partial charge in [0.25, 0.3) is 0 Å². The summed E-state index contributed by atoms with van der Waals surface area (Å²) in [5, 5.41) is 3.18. The molecule has 1 N–H and O–H groups in total. The smallest absolute Gasteiger partial charge is 0.100 e. The molecule has 1 aliphatic rings. The molecule has 0 bridgehead atoms. The van der Waals surface area contributed by atoms with Gasteiger partial charge in [0.2, 0.25) is 0 Å². The molecular weight excluding hydrogens is 183 g/mol. The van der Waals surface area contributed by atoms with Gasteiger partial charge in [-0.3, -0.25) is 0 Å². The zero-order chi connectivity index (χ0) is 10.2. The largest absolute Gasteiger partial charge is 0.320 e. The topological polar surface area (TPSA) is 24.5 Å². The van der Waals surface area contributed by atoms with E-state index in [0.29, 0.717) is 0 Å². The maximum atomic E-state index is 11.5. The summed E-state index contributed by atoms with van der Waals surface area (Å²) < 4.78 is 11.5. The van der Waals surface area contributed by atoms with Crippen LogP contribution in [-0.2, 0) is 4.94 Å². The monoisotopic (exact) mass is 204 g/mol. The Labute approximate surface area is 85.5 Å². The molecule has 1 saturated heterocycles. The van der Waals surface area contributed by atoms with Crippen molar-refractivity contribution >= 4 is 0 Å². The number of hydrogen-bond donors (Lipinski definition) is 1. The molecule has 0 aromatic carbocycles. The highest BCUT2D eigenvalue weighted by Crippen LogP contribution is 2.19. The minimum absolute atomic E-state index is 0.210. The van der Waals surface area contributed by atoms with Gasteiger partial charge in [0.15, 0.2) is 0 Å². The number of nitrogens with one attached hydrogen (secondary N) is 1. The fraction of sp³-hybridized carbons (Fsp3) is 1.00. The maximum absolute atomic E-state index is 11.5. The Hall–Kier alpha value is -0.190. The maximum Gasteiger partial charge on any atom is 0.100 e. The lowest BCUT2D eigenvalue weighted by atomic mass is 9.93. The SMILES string of the molecule is CNCCC1CCN(CCOF)CC1. The Balaban J connectivity index is 2.05. The van der Waals surface area contributed by atoms with Gasteiger partial charge in [0.05, 0.1) is 0 Å². The highest BCUT2D eigenvalue weighted by molar-refractivity contribution is 4.72. The van der Waals surface area contributed by atoms with E-state index in [2.05, 4.69) is 15.2 Å². The molecule has 14 heavy (non-hydrogen) atoms. The summed E-state index contributed by atoms with van der Waals surface area (Å²) in [4.78, 5) is 5.86. The van der Waals surface area contributed by atoms with Crippen molar-refractivity contribution in [3.63, 3.8) is 0 Å². The third-order valence-electron chi connectivity index (χ3n) is 2.99. The highest BCUT2D eigenvalue weighted by Gasteiger charge is 2.18. The lowest BCUT2D eigenvalue weighted by Crippen LogP contribution is -2.36. The second-order valence-corrected chi connectivity index (χ2v) is 3.99. The Morgan fingerprint density at radius 1 is 1.43 bits per heavy atom. The quantitative estimate of drug-likeness (QED) is 0.704. The van der Waals surface area contributed by atoms with Crippen molar-refractivity contribution in [3.05, 3.63) is 0 Å². The van der Waals surface area contributed by atoms with Gasteiger partial charge in [-0.05, 0) is 56.4 Å². The molecule has 0 aliphatic carbocycles. The number of likely N-dealkylation sites (tertiary alicyclic amines) is 1. The minimum atomic E-state index is 0.210. The molecular formula is C10H21FN2O. The van der Waals surface area contributed by atoms with Crippen LogP contribution in [0.15, 0.2) is 0 Å². The molecule has 0 atom stereocenters. The average Bonchev–Trinajstić information content (AvgIpc) is 2.25. The normalized spacial score (nSPS) is 20.1. The van der Waals surface area contributed by atoms with Crippen LogP contribution in [0.4, 0.5) is 4.53 Å². The summed E-state index contributed by atoms with van der Waals surface area (Å²) in [5.74, 6) is 0.852. The molecule has 0 aromatic heterocycles. The lowest BCUT2D eigenvalue weighted by molar-refractivity contribution is -0.137. The van der Waals surface area contributed by atoms with Gasteiger partial charge in [0.1, 0.15) is 6.61 Å². The van der Waals surface area contributed by atoms with Crippen LogP contribution >= 0.6 is 0 Å². The fourth-order valence-corrected chi connectivity index (χ4v) is 2.01. The predicted molar refractivity (Wildman–Crippen MR) is 54.8 cm³/mol. The molecule has 0 saturated carbocycles. The zero-order valence-electron chi connectivity index (χ0n) is 8.97. The van der Waals surface area contributed by atoms with Crippen LogP contribution in [0, 0.1) is 5.92 Å². The molecule has 0 radical (unpaired) electrons. The summed E-state index contributed by atoms with van der Waals surface area (Å²) in [6.45, 7) is 4.24. The second kappa shape index (κ2) is 7.15. The van der Waals surface area contributed by atoms with Gasteiger partial charge < -0.3 is 10.2 Å². The molecule has 0 aromatic rings. The van der Waals surface area contributed by atoms with Crippen molar-refractivity contribution in [1.29, 1.82) is 0 Å². The average molecular weight is 204 g/mol. The molecule has 0 spiro atoms. The molecule has 84 valence electrons. The molecule has 0 amide bonds. The molecule has 1 fully saturated rings. The van der Waals surface area contributed by atoms with Gasteiger partial charge >= 0.3 is 0 Å². The summed E-state index contributed by atoms with van der Waals surface area (Å²) in [5.41, 5.74) is 0. The Kier molecular flexibility index (Phi) is 6.07. The van der Waals surface area contributed by atoms with E-state index in [9.17, 15) is 4.53 Å². The van der Waals surface area contributed by atoms with Crippen molar-refractivity contribution in [1.82, 2.24) is 10.2 Å². The van der Waals surface area contributed by atoms with Crippen LogP contribution in [0.5, 0.6) is 0 Å². The van der Waals surface area contributed by atoms with E-state index in [1.165, 1.54) is 19.3 Å². The molecule has 1 rings (SSSR count). The predicted octanol–water partition coefficient (Wildman–Crippen LogP) is 1.21. The van der Waals surface area contributed by atoms with Crippen molar-refractivity contribution < 1.29 is 9.47 Å². The van der Waals surface area contributed by atoms with Crippen molar-refractivity contribution in [2.24, 2.45) is 5.92 Å². The fourth-order valence-electron chi connectivity index (χ4n) is 2.01. The van der Waals surface area contributed by atoms with E-state index in [0.717, 1.165) is 32.1 Å². The third-order valence-corrected chi connectivity index (χ3v) is 2.99. The minimum Gasteiger partial charge on any atom is -0.320 e. The number of nitrogens with zero attached hydrogens (tertiary/aromatic N) is 1. The van der Waals surface area contributed by atoms with E-state index in [1.54, 1.807) is 0 Å². The van der Waals surface area contributed by atoms with E-state index >= 15 is 0 Å². The van der Waals surface area contributed by atoms with E-state index in [4.69, 9.17) is 0 Å². The van der Waals surface area contributed by atoms with Crippen LogP contribution in [0.3, 0.4) is 0 Å². The van der Waals surface area contributed by atoms with Crippen molar-refractivity contribution in [2.45, 2.75) is 19.3 Å². The summed E-state index contributed by atoms with van der Waals surface area (Å²) in [6.07, 6.45) is 3.76. The van der Waals surface area contributed by atoms with E-state index in [-0.39, 0.29) is 6.61 Å². The number of piperidine rings is 1. The van der Waals surface area contributed by atoms with Gasteiger partial charge in [0, 0.05) is 6.54 Å². The second-order valence-electron chi connectivity index (χ2n) is 3.99. The van der Waals surface area contributed by atoms with Crippen LogP contribution in [0.2, 0.25) is 0 Å². The molecule has 1 heterocycles. The van der Waals surface area contributed by atoms with E-state index in [1.807, 2.05) is 7.05 Å². The lowest BCUT2D eigenvalue weighted by Gasteiger charge is -2.31. The zero-order valence-corrected chi connectivity index (χ0v) is 8.97. The molecule has 0 unspecified atom stereocenters. The first-order valence-electron chi connectivity index (χ1n) is 5.47.